The smallest absolute Gasteiger partial charge is 0.0242 e. The highest BCUT2D eigenvalue weighted by atomic mass is 14.5. The zero-order valence-corrected chi connectivity index (χ0v) is 14.1. The van der Waals surface area contributed by atoms with Crippen molar-refractivity contribution in [2.24, 2.45) is 21.7 Å². The summed E-state index contributed by atoms with van der Waals surface area (Å²) in [4.78, 5) is 0. The largest absolute Gasteiger partial charge is 0.0648 e. The van der Waals surface area contributed by atoms with E-state index in [1.165, 1.54) is 19.3 Å². The van der Waals surface area contributed by atoms with E-state index in [1.807, 2.05) is 0 Å². The Bertz CT molecular complexity index is 210. The minimum absolute atomic E-state index is 0.377. The molecule has 0 fully saturated rings. The summed E-state index contributed by atoms with van der Waals surface area (Å²) in [5, 5.41) is 0. The van der Waals surface area contributed by atoms with Crippen molar-refractivity contribution in [3.8, 4) is 0 Å². The Morgan fingerprint density at radius 3 is 1.00 bits per heavy atom. The van der Waals surface area contributed by atoms with Crippen LogP contribution in [0.2, 0.25) is 0 Å². The lowest BCUT2D eigenvalue weighted by molar-refractivity contribution is -0.00795. The van der Waals surface area contributed by atoms with Gasteiger partial charge in [0.15, 0.2) is 0 Å². The van der Waals surface area contributed by atoms with Crippen LogP contribution in [0.5, 0.6) is 0 Å². The molecule has 0 amide bonds. The first-order valence-electron chi connectivity index (χ1n) is 7.22. The zero-order valence-electron chi connectivity index (χ0n) is 14.1. The van der Waals surface area contributed by atoms with Crippen LogP contribution in [-0.2, 0) is 0 Å². The highest BCUT2D eigenvalue weighted by Gasteiger charge is 2.44. The maximum absolute atomic E-state index is 2.42. The minimum atomic E-state index is 0.377. The van der Waals surface area contributed by atoms with E-state index in [1.54, 1.807) is 0 Å². The fourth-order valence-corrected chi connectivity index (χ4v) is 3.40. The van der Waals surface area contributed by atoms with Crippen molar-refractivity contribution in [3.05, 3.63) is 0 Å². The Balaban J connectivity index is 5.32. The third kappa shape index (κ3) is 5.44. The molecule has 0 saturated carbocycles. The monoisotopic (exact) mass is 240 g/mol. The van der Waals surface area contributed by atoms with E-state index in [2.05, 4.69) is 69.2 Å². The van der Waals surface area contributed by atoms with Crippen LogP contribution >= 0.6 is 0 Å². The van der Waals surface area contributed by atoms with E-state index in [9.17, 15) is 0 Å². The number of hydrogen-bond acceptors (Lipinski definition) is 0. The van der Waals surface area contributed by atoms with Gasteiger partial charge in [0.05, 0.1) is 0 Å². The Morgan fingerprint density at radius 2 is 0.882 bits per heavy atom. The maximum atomic E-state index is 2.42. The first kappa shape index (κ1) is 17.0. The van der Waals surface area contributed by atoms with Crippen LogP contribution in [0.4, 0.5) is 0 Å². The molecule has 0 radical (unpaired) electrons. The van der Waals surface area contributed by atoms with Crippen LogP contribution in [0.25, 0.3) is 0 Å². The predicted molar refractivity (Wildman–Crippen MR) is 80.3 cm³/mol. The van der Waals surface area contributed by atoms with Crippen LogP contribution < -0.4 is 0 Å². The summed E-state index contributed by atoms with van der Waals surface area (Å²) >= 11 is 0. The molecule has 0 aliphatic carbocycles. The third-order valence-corrected chi connectivity index (χ3v) is 4.01. The third-order valence-electron chi connectivity index (χ3n) is 4.01. The second-order valence-corrected chi connectivity index (χ2v) is 9.36. The molecule has 0 saturated heterocycles. The Morgan fingerprint density at radius 1 is 0.588 bits per heavy atom. The SMILES string of the molecule is CCC(CC(C)(C)C)(CC(C)(C)C)C(C)(C)C. The second-order valence-electron chi connectivity index (χ2n) is 9.36. The Hall–Kier alpha value is 0. The summed E-state index contributed by atoms with van der Waals surface area (Å²) in [5.41, 5.74) is 1.65. The quantitative estimate of drug-likeness (QED) is 0.543. The highest BCUT2D eigenvalue weighted by Crippen LogP contribution is 2.54. The van der Waals surface area contributed by atoms with Gasteiger partial charge in [0.1, 0.15) is 0 Å². The second kappa shape index (κ2) is 4.94. The first-order valence-corrected chi connectivity index (χ1v) is 7.22. The fraction of sp³-hybridized carbons (Fsp3) is 1.00. The molecule has 104 valence electrons. The number of rotatable bonds is 3. The van der Waals surface area contributed by atoms with Gasteiger partial charge >= 0.3 is 0 Å². The van der Waals surface area contributed by atoms with Gasteiger partial charge in [-0.05, 0) is 40.9 Å². The Kier molecular flexibility index (Phi) is 4.94. The van der Waals surface area contributed by atoms with Gasteiger partial charge in [-0.1, -0.05) is 69.2 Å². The molecule has 17 heavy (non-hydrogen) atoms. The summed E-state index contributed by atoms with van der Waals surface area (Å²) in [6.07, 6.45) is 3.92. The molecule has 0 heteroatoms. The lowest BCUT2D eigenvalue weighted by atomic mass is 9.54. The molecule has 0 nitrogen and oxygen atoms in total. The lowest BCUT2D eigenvalue weighted by Crippen LogP contribution is -2.41. The van der Waals surface area contributed by atoms with E-state index in [4.69, 9.17) is 0 Å². The molecule has 0 bridgehead atoms. The summed E-state index contributed by atoms with van der Waals surface area (Å²) in [6, 6.07) is 0. The normalized spacial score (nSPS) is 15.2. The summed E-state index contributed by atoms with van der Waals surface area (Å²) < 4.78 is 0. The van der Waals surface area contributed by atoms with Crippen LogP contribution in [-0.4, -0.2) is 0 Å². The molecular weight excluding hydrogens is 204 g/mol. The molecular formula is C17H36. The van der Waals surface area contributed by atoms with Crippen molar-refractivity contribution in [2.45, 2.75) is 88.5 Å². The van der Waals surface area contributed by atoms with Crippen molar-refractivity contribution in [1.29, 1.82) is 0 Å². The van der Waals surface area contributed by atoms with Gasteiger partial charge in [0, 0.05) is 0 Å². The molecule has 0 aromatic carbocycles. The zero-order chi connectivity index (χ0) is 14.1. The standard InChI is InChI=1S/C17H36/c1-11-17(16(8,9)10,12-14(2,3)4)13-15(5,6)7/h11-13H2,1-10H3. The van der Waals surface area contributed by atoms with Crippen molar-refractivity contribution in [3.63, 3.8) is 0 Å². The molecule has 0 atom stereocenters. The van der Waals surface area contributed by atoms with E-state index in [0.717, 1.165) is 0 Å². The van der Waals surface area contributed by atoms with Gasteiger partial charge in [0.25, 0.3) is 0 Å². The van der Waals surface area contributed by atoms with Gasteiger partial charge in [-0.15, -0.1) is 0 Å². The Labute approximate surface area is 111 Å². The molecule has 0 heterocycles. The van der Waals surface area contributed by atoms with E-state index >= 15 is 0 Å². The topological polar surface area (TPSA) is 0 Å². The van der Waals surface area contributed by atoms with Crippen LogP contribution in [0.1, 0.15) is 88.5 Å². The van der Waals surface area contributed by atoms with Gasteiger partial charge in [0.2, 0.25) is 0 Å². The predicted octanol–water partition coefficient (Wildman–Crippen LogP) is 6.30. The molecule has 0 spiro atoms. The van der Waals surface area contributed by atoms with Gasteiger partial charge in [-0.25, -0.2) is 0 Å². The molecule has 0 aliphatic rings. The van der Waals surface area contributed by atoms with Gasteiger partial charge in [-0.3, -0.25) is 0 Å². The highest BCUT2D eigenvalue weighted by molar-refractivity contribution is 4.94. The number of hydrogen-bond donors (Lipinski definition) is 0. The van der Waals surface area contributed by atoms with E-state index in [0.29, 0.717) is 21.7 Å². The molecule has 0 N–H and O–H groups in total. The average Bonchev–Trinajstić information content (AvgIpc) is 1.95. The van der Waals surface area contributed by atoms with E-state index < -0.39 is 0 Å². The van der Waals surface area contributed by atoms with Crippen molar-refractivity contribution >= 4 is 0 Å². The van der Waals surface area contributed by atoms with Crippen molar-refractivity contribution in [2.75, 3.05) is 0 Å². The molecule has 0 aliphatic heterocycles. The van der Waals surface area contributed by atoms with E-state index in [-0.39, 0.29) is 0 Å². The van der Waals surface area contributed by atoms with Gasteiger partial charge < -0.3 is 0 Å². The summed E-state index contributed by atoms with van der Waals surface area (Å²) in [6.45, 7) is 23.9. The maximum Gasteiger partial charge on any atom is -0.0242 e. The lowest BCUT2D eigenvalue weighted by Gasteiger charge is -2.51. The molecule has 0 rings (SSSR count). The van der Waals surface area contributed by atoms with Crippen molar-refractivity contribution < 1.29 is 0 Å². The molecule has 0 aromatic heterocycles. The minimum Gasteiger partial charge on any atom is -0.0648 e. The average molecular weight is 240 g/mol. The summed E-state index contributed by atoms with van der Waals surface area (Å²) in [7, 11) is 0. The first-order chi connectivity index (χ1) is 7.22. The van der Waals surface area contributed by atoms with Crippen LogP contribution in [0.15, 0.2) is 0 Å². The van der Waals surface area contributed by atoms with Crippen LogP contribution in [0, 0.1) is 21.7 Å². The molecule has 0 unspecified atom stereocenters. The fourth-order valence-electron chi connectivity index (χ4n) is 3.40. The van der Waals surface area contributed by atoms with Gasteiger partial charge in [-0.2, -0.15) is 0 Å². The summed E-state index contributed by atoms with van der Waals surface area (Å²) in [5.74, 6) is 0. The molecule has 0 aromatic rings. The van der Waals surface area contributed by atoms with Crippen LogP contribution in [0.3, 0.4) is 0 Å². The van der Waals surface area contributed by atoms with Crippen molar-refractivity contribution in [1.82, 2.24) is 0 Å².